The lowest BCUT2D eigenvalue weighted by Crippen LogP contribution is -2.42. The fourth-order valence-electron chi connectivity index (χ4n) is 4.62. The van der Waals surface area contributed by atoms with E-state index in [2.05, 4.69) is 0 Å². The van der Waals surface area contributed by atoms with E-state index in [0.717, 1.165) is 77.0 Å². The number of ether oxygens (including phenoxy) is 3. The molecule has 3 rings (SSSR count). The average molecular weight is 387 g/mol. The molecule has 3 aliphatic carbocycles. The van der Waals surface area contributed by atoms with Gasteiger partial charge in [-0.1, -0.05) is 38.5 Å². The molecule has 0 aromatic carbocycles. The SMILES string of the molecule is OC1CCCCC1OCC(COC1CCCCC1O)OC1CCCCC1O. The topological polar surface area (TPSA) is 88.4 Å². The van der Waals surface area contributed by atoms with Crippen LogP contribution in [0.2, 0.25) is 0 Å². The molecular weight excluding hydrogens is 348 g/mol. The van der Waals surface area contributed by atoms with Gasteiger partial charge in [0.25, 0.3) is 0 Å². The van der Waals surface area contributed by atoms with Gasteiger partial charge < -0.3 is 29.5 Å². The Balaban J connectivity index is 1.51. The van der Waals surface area contributed by atoms with Crippen molar-refractivity contribution in [3.05, 3.63) is 0 Å². The summed E-state index contributed by atoms with van der Waals surface area (Å²) in [5.74, 6) is 0. The lowest BCUT2D eigenvalue weighted by Gasteiger charge is -2.35. The molecule has 0 amide bonds. The highest BCUT2D eigenvalue weighted by Gasteiger charge is 2.31. The third kappa shape index (κ3) is 6.65. The molecule has 3 fully saturated rings. The molecule has 0 aromatic rings. The maximum Gasteiger partial charge on any atom is 0.105 e. The van der Waals surface area contributed by atoms with Crippen molar-refractivity contribution in [2.24, 2.45) is 0 Å². The maximum atomic E-state index is 10.2. The first-order valence-electron chi connectivity index (χ1n) is 11.1. The summed E-state index contributed by atoms with van der Waals surface area (Å²) in [6.45, 7) is 0.710. The standard InChI is InChI=1S/C21H38O6/c22-16-7-1-4-10-19(16)25-13-15(27-21-12-6-3-9-18(21)24)14-26-20-11-5-2-8-17(20)23/h15-24H,1-14H2. The van der Waals surface area contributed by atoms with Crippen LogP contribution < -0.4 is 0 Å². The Labute approximate surface area is 163 Å². The molecule has 6 unspecified atom stereocenters. The smallest absolute Gasteiger partial charge is 0.105 e. The number of hydrogen-bond acceptors (Lipinski definition) is 6. The molecule has 0 bridgehead atoms. The van der Waals surface area contributed by atoms with Gasteiger partial charge in [-0.05, 0) is 38.5 Å². The molecule has 27 heavy (non-hydrogen) atoms. The molecule has 6 atom stereocenters. The Kier molecular flexibility index (Phi) is 8.81. The van der Waals surface area contributed by atoms with E-state index < -0.39 is 18.3 Å². The van der Waals surface area contributed by atoms with Crippen LogP contribution in [-0.4, -0.2) is 71.3 Å². The molecule has 0 saturated heterocycles. The monoisotopic (exact) mass is 386 g/mol. The zero-order valence-corrected chi connectivity index (χ0v) is 16.5. The molecule has 0 aromatic heterocycles. The molecule has 0 spiro atoms. The Morgan fingerprint density at radius 1 is 0.556 bits per heavy atom. The van der Waals surface area contributed by atoms with Crippen LogP contribution in [0.4, 0.5) is 0 Å². The minimum absolute atomic E-state index is 0.138. The summed E-state index contributed by atoms with van der Waals surface area (Å²) in [6.07, 6.45) is 9.39. The highest BCUT2D eigenvalue weighted by atomic mass is 16.6. The molecule has 6 nitrogen and oxygen atoms in total. The van der Waals surface area contributed by atoms with E-state index in [1.54, 1.807) is 0 Å². The Morgan fingerprint density at radius 3 is 1.33 bits per heavy atom. The number of aliphatic hydroxyl groups is 3. The molecule has 0 radical (unpaired) electrons. The van der Waals surface area contributed by atoms with Gasteiger partial charge in [-0.15, -0.1) is 0 Å². The highest BCUT2D eigenvalue weighted by Crippen LogP contribution is 2.26. The van der Waals surface area contributed by atoms with E-state index in [1.807, 2.05) is 0 Å². The van der Waals surface area contributed by atoms with Crippen molar-refractivity contribution >= 4 is 0 Å². The molecule has 0 aliphatic heterocycles. The first-order valence-corrected chi connectivity index (χ1v) is 11.1. The first kappa shape index (κ1) is 21.5. The van der Waals surface area contributed by atoms with Gasteiger partial charge >= 0.3 is 0 Å². The predicted octanol–water partition coefficient (Wildman–Crippen LogP) is 2.32. The summed E-state index contributed by atoms with van der Waals surface area (Å²) >= 11 is 0. The van der Waals surface area contributed by atoms with Crippen molar-refractivity contribution in [2.45, 2.75) is 120 Å². The Bertz CT molecular complexity index is 393. The van der Waals surface area contributed by atoms with Gasteiger partial charge in [0.2, 0.25) is 0 Å². The summed E-state index contributed by atoms with van der Waals surface area (Å²) in [5, 5.41) is 30.5. The van der Waals surface area contributed by atoms with Crippen LogP contribution in [0.3, 0.4) is 0 Å². The summed E-state index contributed by atoms with van der Waals surface area (Å²) in [4.78, 5) is 0. The minimum Gasteiger partial charge on any atom is -0.390 e. The molecule has 6 heteroatoms. The third-order valence-corrected chi connectivity index (χ3v) is 6.36. The van der Waals surface area contributed by atoms with E-state index in [9.17, 15) is 15.3 Å². The van der Waals surface area contributed by atoms with Crippen molar-refractivity contribution in [3.8, 4) is 0 Å². The second-order valence-electron chi connectivity index (χ2n) is 8.60. The van der Waals surface area contributed by atoms with Crippen molar-refractivity contribution in [3.63, 3.8) is 0 Å². The summed E-state index contributed by atoms with van der Waals surface area (Å²) in [5.41, 5.74) is 0. The van der Waals surface area contributed by atoms with Gasteiger partial charge in [-0.25, -0.2) is 0 Å². The molecule has 158 valence electrons. The minimum atomic E-state index is -0.429. The fourth-order valence-corrected chi connectivity index (χ4v) is 4.62. The zero-order chi connectivity index (χ0) is 19.1. The zero-order valence-electron chi connectivity index (χ0n) is 16.5. The van der Waals surface area contributed by atoms with Gasteiger partial charge in [0, 0.05) is 0 Å². The van der Waals surface area contributed by atoms with E-state index in [0.29, 0.717) is 13.2 Å². The van der Waals surface area contributed by atoms with Crippen LogP contribution in [0, 0.1) is 0 Å². The van der Waals surface area contributed by atoms with Crippen LogP contribution in [0.1, 0.15) is 77.0 Å². The van der Waals surface area contributed by atoms with Gasteiger partial charge in [-0.2, -0.15) is 0 Å². The number of rotatable bonds is 8. The average Bonchev–Trinajstić information content (AvgIpc) is 2.68. The van der Waals surface area contributed by atoms with Gasteiger partial charge in [0.05, 0.1) is 49.8 Å². The predicted molar refractivity (Wildman–Crippen MR) is 102 cm³/mol. The number of hydrogen-bond donors (Lipinski definition) is 3. The van der Waals surface area contributed by atoms with Crippen molar-refractivity contribution in [1.29, 1.82) is 0 Å². The quantitative estimate of drug-likeness (QED) is 0.593. The normalized spacial score (nSPS) is 39.2. The van der Waals surface area contributed by atoms with Gasteiger partial charge in [0.15, 0.2) is 0 Å². The maximum absolute atomic E-state index is 10.2. The second-order valence-corrected chi connectivity index (χ2v) is 8.60. The fraction of sp³-hybridized carbons (Fsp3) is 1.00. The van der Waals surface area contributed by atoms with Crippen LogP contribution in [-0.2, 0) is 14.2 Å². The van der Waals surface area contributed by atoms with Crippen LogP contribution >= 0.6 is 0 Å². The number of aliphatic hydroxyl groups excluding tert-OH is 3. The lowest BCUT2D eigenvalue weighted by molar-refractivity contribution is -0.167. The molecule has 3 saturated carbocycles. The van der Waals surface area contributed by atoms with E-state index in [-0.39, 0.29) is 24.4 Å². The third-order valence-electron chi connectivity index (χ3n) is 6.36. The highest BCUT2D eigenvalue weighted by molar-refractivity contribution is 4.80. The first-order chi connectivity index (χ1) is 13.1. The summed E-state index contributed by atoms with van der Waals surface area (Å²) in [7, 11) is 0. The van der Waals surface area contributed by atoms with E-state index in [1.165, 1.54) is 0 Å². The van der Waals surface area contributed by atoms with Crippen LogP contribution in [0.5, 0.6) is 0 Å². The molecule has 3 aliphatic rings. The van der Waals surface area contributed by atoms with Gasteiger partial charge in [0.1, 0.15) is 6.10 Å². The summed E-state index contributed by atoms with van der Waals surface area (Å²) < 4.78 is 18.2. The van der Waals surface area contributed by atoms with Crippen molar-refractivity contribution < 1.29 is 29.5 Å². The Hall–Kier alpha value is -0.240. The van der Waals surface area contributed by atoms with Crippen LogP contribution in [0.25, 0.3) is 0 Å². The molecule has 0 heterocycles. The lowest BCUT2D eigenvalue weighted by atomic mass is 9.94. The van der Waals surface area contributed by atoms with Crippen LogP contribution in [0.15, 0.2) is 0 Å². The largest absolute Gasteiger partial charge is 0.390 e. The second kappa shape index (κ2) is 11.1. The van der Waals surface area contributed by atoms with E-state index >= 15 is 0 Å². The van der Waals surface area contributed by atoms with Crippen molar-refractivity contribution in [2.75, 3.05) is 13.2 Å². The van der Waals surface area contributed by atoms with Crippen molar-refractivity contribution in [1.82, 2.24) is 0 Å². The van der Waals surface area contributed by atoms with E-state index in [4.69, 9.17) is 14.2 Å². The summed E-state index contributed by atoms with van der Waals surface area (Å²) in [6, 6.07) is 0. The Morgan fingerprint density at radius 2 is 0.926 bits per heavy atom. The van der Waals surface area contributed by atoms with Gasteiger partial charge in [-0.3, -0.25) is 0 Å². The molecule has 3 N–H and O–H groups in total. The molecular formula is C21H38O6.